The Morgan fingerprint density at radius 1 is 1.20 bits per heavy atom. The summed E-state index contributed by atoms with van der Waals surface area (Å²) in [5.74, 6) is -4.98. The number of anilines is 1. The first kappa shape index (κ1) is 22.6. The highest BCUT2D eigenvalue weighted by molar-refractivity contribution is 6.08. The number of amides is 2. The number of benzene rings is 1. The van der Waals surface area contributed by atoms with Crippen molar-refractivity contribution in [1.82, 2.24) is 15.5 Å². The highest BCUT2D eigenvalue weighted by atomic mass is 19.1. The van der Waals surface area contributed by atoms with Gasteiger partial charge in [0.15, 0.2) is 0 Å². The zero-order chi connectivity index (χ0) is 22.1. The smallest absolute Gasteiger partial charge is 0.271 e. The third kappa shape index (κ3) is 5.66. The van der Waals surface area contributed by atoms with Crippen molar-refractivity contribution in [2.45, 2.75) is 6.42 Å². The van der Waals surface area contributed by atoms with Crippen molar-refractivity contribution in [3.05, 3.63) is 83.5 Å². The maximum Gasteiger partial charge on any atom is 0.271 e. The number of carbonyl (C=O) groups excluding carboxylic acids is 2. The zero-order valence-corrected chi connectivity index (χ0v) is 15.6. The van der Waals surface area contributed by atoms with Crippen LogP contribution >= 0.6 is 0 Å². The van der Waals surface area contributed by atoms with Gasteiger partial charge in [-0.05, 0) is 24.6 Å². The van der Waals surface area contributed by atoms with E-state index in [1.54, 1.807) is 0 Å². The first-order valence-electron chi connectivity index (χ1n) is 8.66. The van der Waals surface area contributed by atoms with Crippen molar-refractivity contribution in [2.24, 2.45) is 0 Å². The lowest BCUT2D eigenvalue weighted by Crippen LogP contribution is -2.28. The summed E-state index contributed by atoms with van der Waals surface area (Å²) in [7, 11) is 0. The molecule has 10 heteroatoms. The molecule has 0 unspecified atom stereocenters. The molecule has 0 radical (unpaired) electrons. The standard InChI is InChI=1S/C20H18F4N4O2/c1-2-3-4-6-13(22)12(9-21)10-25-20(30)18-16(11-26-28-18)27-19(29)17-14(23)7-5-8-15(17)24/h2,4-8,11H,1,3,9-10H2,(H,25,30)(H,26,28)(H,27,29)/b6-4-,13-12-. The number of nitrogens with one attached hydrogen (secondary N) is 3. The van der Waals surface area contributed by atoms with Gasteiger partial charge in [-0.1, -0.05) is 18.2 Å². The first-order valence-corrected chi connectivity index (χ1v) is 8.66. The molecule has 0 bridgehead atoms. The molecular formula is C20H18F4N4O2. The van der Waals surface area contributed by atoms with Gasteiger partial charge < -0.3 is 10.6 Å². The third-order valence-electron chi connectivity index (χ3n) is 3.83. The van der Waals surface area contributed by atoms with Gasteiger partial charge >= 0.3 is 0 Å². The Hall–Kier alpha value is -3.69. The van der Waals surface area contributed by atoms with Crippen LogP contribution in [0.5, 0.6) is 0 Å². The molecule has 2 amide bonds. The van der Waals surface area contributed by atoms with Crippen LogP contribution in [0.4, 0.5) is 23.2 Å². The highest BCUT2D eigenvalue weighted by Crippen LogP contribution is 2.17. The third-order valence-corrected chi connectivity index (χ3v) is 3.83. The fourth-order valence-corrected chi connectivity index (χ4v) is 2.31. The van der Waals surface area contributed by atoms with Gasteiger partial charge in [0.1, 0.15) is 35.4 Å². The second-order valence-corrected chi connectivity index (χ2v) is 5.90. The summed E-state index contributed by atoms with van der Waals surface area (Å²) in [6, 6.07) is 2.91. The van der Waals surface area contributed by atoms with Crippen molar-refractivity contribution < 1.29 is 27.2 Å². The van der Waals surface area contributed by atoms with Crippen LogP contribution in [0.25, 0.3) is 0 Å². The largest absolute Gasteiger partial charge is 0.347 e. The Labute approximate surface area is 169 Å². The first-order chi connectivity index (χ1) is 14.4. The van der Waals surface area contributed by atoms with E-state index in [1.807, 2.05) is 0 Å². The second kappa shape index (κ2) is 10.7. The topological polar surface area (TPSA) is 86.9 Å². The van der Waals surface area contributed by atoms with E-state index in [4.69, 9.17) is 0 Å². The normalized spacial score (nSPS) is 11.9. The molecular weight excluding hydrogens is 404 g/mol. The monoisotopic (exact) mass is 422 g/mol. The SMILES string of the molecule is C=CC/C=C\C(F)=C(/CF)CNC(=O)c1[nH]ncc1NC(=O)c1c(F)cccc1F. The molecule has 1 aromatic carbocycles. The van der Waals surface area contributed by atoms with Crippen molar-refractivity contribution in [2.75, 3.05) is 18.5 Å². The predicted molar refractivity (Wildman–Crippen MR) is 103 cm³/mol. The van der Waals surface area contributed by atoms with Gasteiger partial charge in [-0.2, -0.15) is 5.10 Å². The highest BCUT2D eigenvalue weighted by Gasteiger charge is 2.21. The molecule has 0 atom stereocenters. The van der Waals surface area contributed by atoms with Crippen LogP contribution in [0.15, 0.2) is 60.6 Å². The number of H-pyrrole nitrogens is 1. The van der Waals surface area contributed by atoms with E-state index in [9.17, 15) is 27.2 Å². The maximum absolute atomic E-state index is 13.9. The van der Waals surface area contributed by atoms with Crippen LogP contribution in [-0.2, 0) is 0 Å². The Kier molecular flexibility index (Phi) is 8.09. The van der Waals surface area contributed by atoms with Crippen LogP contribution in [0.3, 0.4) is 0 Å². The number of rotatable bonds is 9. The summed E-state index contributed by atoms with van der Waals surface area (Å²) < 4.78 is 54.5. The lowest BCUT2D eigenvalue weighted by atomic mass is 10.2. The number of halogens is 4. The van der Waals surface area contributed by atoms with E-state index in [0.717, 1.165) is 30.5 Å². The molecule has 3 N–H and O–H groups in total. The number of allylic oxidation sites excluding steroid dienone is 4. The van der Waals surface area contributed by atoms with Gasteiger partial charge in [-0.25, -0.2) is 17.6 Å². The number of aromatic nitrogens is 2. The lowest BCUT2D eigenvalue weighted by Gasteiger charge is -2.09. The van der Waals surface area contributed by atoms with Crippen molar-refractivity contribution in [1.29, 1.82) is 0 Å². The summed E-state index contributed by atoms with van der Waals surface area (Å²) in [5, 5.41) is 10.4. The minimum Gasteiger partial charge on any atom is -0.347 e. The number of hydrogen-bond donors (Lipinski definition) is 3. The fraction of sp³-hybridized carbons (Fsp3) is 0.150. The average Bonchev–Trinajstić information content (AvgIpc) is 3.16. The predicted octanol–water partition coefficient (Wildman–Crippen LogP) is 4.00. The molecule has 0 spiro atoms. The zero-order valence-electron chi connectivity index (χ0n) is 15.6. The van der Waals surface area contributed by atoms with E-state index in [-0.39, 0.29) is 17.0 Å². The molecule has 2 aromatic rings. The van der Waals surface area contributed by atoms with E-state index in [0.29, 0.717) is 6.42 Å². The molecule has 0 saturated carbocycles. The maximum atomic E-state index is 13.9. The quantitative estimate of drug-likeness (QED) is 0.324. The molecule has 1 aromatic heterocycles. The van der Waals surface area contributed by atoms with Crippen molar-refractivity contribution in [3.63, 3.8) is 0 Å². The molecule has 30 heavy (non-hydrogen) atoms. The number of alkyl halides is 1. The van der Waals surface area contributed by atoms with E-state index >= 15 is 0 Å². The van der Waals surface area contributed by atoms with Gasteiger partial charge in [-0.15, -0.1) is 6.58 Å². The summed E-state index contributed by atoms with van der Waals surface area (Å²) in [4.78, 5) is 24.5. The lowest BCUT2D eigenvalue weighted by molar-refractivity contribution is 0.0952. The minimum absolute atomic E-state index is 0.169. The van der Waals surface area contributed by atoms with Crippen LogP contribution in [0.2, 0.25) is 0 Å². The van der Waals surface area contributed by atoms with Gasteiger partial charge in [0, 0.05) is 12.1 Å². The van der Waals surface area contributed by atoms with Crippen LogP contribution in [-0.4, -0.2) is 35.2 Å². The summed E-state index contributed by atoms with van der Waals surface area (Å²) >= 11 is 0. The molecule has 1 heterocycles. The number of hydrogen-bond acceptors (Lipinski definition) is 3. The molecule has 0 aliphatic heterocycles. The van der Waals surface area contributed by atoms with E-state index < -0.39 is 48.1 Å². The van der Waals surface area contributed by atoms with Gasteiger partial charge in [0.05, 0.1) is 11.9 Å². The molecule has 0 aliphatic rings. The van der Waals surface area contributed by atoms with Crippen molar-refractivity contribution >= 4 is 17.5 Å². The van der Waals surface area contributed by atoms with E-state index in [1.165, 1.54) is 12.2 Å². The van der Waals surface area contributed by atoms with Crippen LogP contribution < -0.4 is 10.6 Å². The molecule has 158 valence electrons. The van der Waals surface area contributed by atoms with Crippen molar-refractivity contribution in [3.8, 4) is 0 Å². The fourth-order valence-electron chi connectivity index (χ4n) is 2.31. The van der Waals surface area contributed by atoms with Gasteiger partial charge in [0.2, 0.25) is 0 Å². The molecule has 6 nitrogen and oxygen atoms in total. The van der Waals surface area contributed by atoms with Crippen LogP contribution in [0, 0.1) is 11.6 Å². The molecule has 2 rings (SSSR count). The summed E-state index contributed by atoms with van der Waals surface area (Å²) in [5.41, 5.74) is -1.57. The van der Waals surface area contributed by atoms with Crippen LogP contribution in [0.1, 0.15) is 27.3 Å². The Bertz CT molecular complexity index is 978. The molecule has 0 aliphatic carbocycles. The minimum atomic E-state index is -1.14. The Morgan fingerprint density at radius 3 is 2.53 bits per heavy atom. The Balaban J connectivity index is 2.10. The van der Waals surface area contributed by atoms with E-state index in [2.05, 4.69) is 27.4 Å². The van der Waals surface area contributed by atoms with Gasteiger partial charge in [0.25, 0.3) is 11.8 Å². The number of carbonyl (C=O) groups is 2. The Morgan fingerprint density at radius 2 is 1.90 bits per heavy atom. The molecule has 0 saturated heterocycles. The summed E-state index contributed by atoms with van der Waals surface area (Å²) in [6.07, 6.45) is 5.47. The molecule has 0 fully saturated rings. The average molecular weight is 422 g/mol. The second-order valence-electron chi connectivity index (χ2n) is 5.90. The summed E-state index contributed by atoms with van der Waals surface area (Å²) in [6.45, 7) is 1.88. The number of aromatic amines is 1. The van der Waals surface area contributed by atoms with Gasteiger partial charge in [-0.3, -0.25) is 14.7 Å². The number of nitrogens with zero attached hydrogens (tertiary/aromatic N) is 1.